The number of likely N-dealkylation sites (N-methyl/N-ethyl adjacent to an activating group) is 1. The number of fused-ring (bicyclic) bond motifs is 5. The molecule has 0 amide bonds. The molecule has 5 heteroatoms. The number of aliphatic imine (C=N–C) groups is 3. The van der Waals surface area contributed by atoms with Crippen molar-refractivity contribution >= 4 is 17.1 Å². The molecule has 0 aliphatic carbocycles. The smallest absolute Gasteiger partial charge is 0.112 e. The van der Waals surface area contributed by atoms with Gasteiger partial charge in [-0.15, -0.1) is 0 Å². The highest BCUT2D eigenvalue weighted by Gasteiger charge is 2.33. The molecule has 1 N–H and O–H groups in total. The van der Waals surface area contributed by atoms with E-state index < -0.39 is 0 Å². The van der Waals surface area contributed by atoms with Crippen molar-refractivity contribution in [2.75, 3.05) is 6.54 Å². The first kappa shape index (κ1) is 24.2. The van der Waals surface area contributed by atoms with Gasteiger partial charge in [-0.3, -0.25) is 0 Å². The summed E-state index contributed by atoms with van der Waals surface area (Å²) in [4.78, 5) is 17.8. The van der Waals surface area contributed by atoms with Gasteiger partial charge in [0.15, 0.2) is 0 Å². The zero-order valence-corrected chi connectivity index (χ0v) is 22.9. The summed E-state index contributed by atoms with van der Waals surface area (Å²) in [5, 5.41) is 3.73. The summed E-state index contributed by atoms with van der Waals surface area (Å²) >= 11 is 0. The first-order chi connectivity index (χ1) is 17.3. The molecule has 5 heterocycles. The Labute approximate surface area is 215 Å². The third-order valence-corrected chi connectivity index (χ3v) is 7.89. The Balaban J connectivity index is 1.85. The van der Waals surface area contributed by atoms with Gasteiger partial charge in [0.05, 0.1) is 39.9 Å². The quantitative estimate of drug-likeness (QED) is 0.464. The molecule has 0 atom stereocenters. The molecule has 186 valence electrons. The van der Waals surface area contributed by atoms with Gasteiger partial charge in [-0.25, -0.2) is 15.0 Å². The highest BCUT2D eigenvalue weighted by molar-refractivity contribution is 6.18. The molecule has 5 nitrogen and oxygen atoms in total. The second kappa shape index (κ2) is 9.20. The van der Waals surface area contributed by atoms with Crippen LogP contribution in [0.2, 0.25) is 0 Å². The molecule has 5 rings (SSSR count). The lowest BCUT2D eigenvalue weighted by atomic mass is 9.94. The minimum Gasteiger partial charge on any atom is -0.343 e. The molecule has 0 spiro atoms. The van der Waals surface area contributed by atoms with Crippen LogP contribution in [0.3, 0.4) is 0 Å². The van der Waals surface area contributed by atoms with Gasteiger partial charge in [-0.05, 0) is 94.4 Å². The van der Waals surface area contributed by atoms with Crippen molar-refractivity contribution in [3.63, 3.8) is 0 Å². The van der Waals surface area contributed by atoms with Crippen molar-refractivity contribution in [2.45, 2.75) is 74.7 Å². The van der Waals surface area contributed by atoms with E-state index in [-0.39, 0.29) is 0 Å². The van der Waals surface area contributed by atoms with Crippen molar-refractivity contribution in [2.24, 2.45) is 15.0 Å². The standard InChI is InChI=1S/C31H37N5/c1-9-23-19(7)29-20(8)28-18(6)17(5)26(34-28)15-21-13-14-22(32-21)16-27-33-25(11-3)31(36(27)12-4)24(10-2)30(23)35-29/h13-16,33H,9-12H2,1-8H3. The topological polar surface area (TPSA) is 52.4 Å². The van der Waals surface area contributed by atoms with Gasteiger partial charge >= 0.3 is 0 Å². The van der Waals surface area contributed by atoms with Crippen LogP contribution in [0, 0.1) is 0 Å². The van der Waals surface area contributed by atoms with Crippen LogP contribution in [0.1, 0.15) is 74.7 Å². The van der Waals surface area contributed by atoms with Gasteiger partial charge in [0.1, 0.15) is 5.82 Å². The molecular weight excluding hydrogens is 442 g/mol. The van der Waals surface area contributed by atoms with Crippen molar-refractivity contribution in [3.8, 4) is 0 Å². The molecule has 0 radical (unpaired) electrons. The number of allylic oxidation sites excluding steroid dienone is 11. The molecular formula is C31H37N5. The zero-order chi connectivity index (χ0) is 25.7. The largest absolute Gasteiger partial charge is 0.343 e. The average molecular weight is 480 g/mol. The number of hydrogen-bond acceptors (Lipinski definition) is 5. The summed E-state index contributed by atoms with van der Waals surface area (Å²) in [6.45, 7) is 18.5. The normalized spacial score (nSPS) is 21.6. The lowest BCUT2D eigenvalue weighted by Gasteiger charge is -2.24. The first-order valence-corrected chi connectivity index (χ1v) is 13.3. The van der Waals surface area contributed by atoms with E-state index in [1.807, 2.05) is 0 Å². The van der Waals surface area contributed by atoms with E-state index in [1.165, 1.54) is 39.3 Å². The Bertz CT molecular complexity index is 1410. The van der Waals surface area contributed by atoms with Crippen LogP contribution < -0.4 is 5.32 Å². The zero-order valence-electron chi connectivity index (χ0n) is 22.9. The Morgan fingerprint density at radius 1 is 0.722 bits per heavy atom. The second-order valence-electron chi connectivity index (χ2n) is 9.84. The third kappa shape index (κ3) is 3.64. The average Bonchev–Trinajstić information content (AvgIpc) is 3.61. The van der Waals surface area contributed by atoms with Crippen LogP contribution in [0.5, 0.6) is 0 Å². The predicted molar refractivity (Wildman–Crippen MR) is 152 cm³/mol. The maximum atomic E-state index is 5.37. The molecule has 0 aromatic rings. The third-order valence-electron chi connectivity index (χ3n) is 7.89. The lowest BCUT2D eigenvalue weighted by molar-refractivity contribution is 0.462. The number of hydrogen-bond donors (Lipinski definition) is 1. The summed E-state index contributed by atoms with van der Waals surface area (Å²) in [5.74, 6) is 1.08. The molecule has 0 unspecified atom stereocenters. The van der Waals surface area contributed by atoms with Crippen LogP contribution in [0.4, 0.5) is 0 Å². The monoisotopic (exact) mass is 479 g/mol. The van der Waals surface area contributed by atoms with Crippen LogP contribution >= 0.6 is 0 Å². The molecule has 0 aromatic heterocycles. The van der Waals surface area contributed by atoms with E-state index in [1.54, 1.807) is 0 Å². The molecule has 0 aromatic carbocycles. The lowest BCUT2D eigenvalue weighted by Crippen LogP contribution is -2.23. The van der Waals surface area contributed by atoms with Crippen LogP contribution in [-0.2, 0) is 0 Å². The van der Waals surface area contributed by atoms with Crippen LogP contribution in [0.25, 0.3) is 0 Å². The predicted octanol–water partition coefficient (Wildman–Crippen LogP) is 7.19. The van der Waals surface area contributed by atoms with Crippen LogP contribution in [0.15, 0.2) is 107 Å². The highest BCUT2D eigenvalue weighted by atomic mass is 15.3. The number of nitrogens with zero attached hydrogens (tertiary/aromatic N) is 4. The van der Waals surface area contributed by atoms with Gasteiger partial charge in [0.2, 0.25) is 0 Å². The first-order valence-electron chi connectivity index (χ1n) is 13.3. The summed E-state index contributed by atoms with van der Waals surface area (Å²) in [6.07, 6.45) is 11.2. The molecule has 5 aliphatic heterocycles. The van der Waals surface area contributed by atoms with Crippen molar-refractivity contribution in [1.82, 2.24) is 10.2 Å². The van der Waals surface area contributed by atoms with Crippen molar-refractivity contribution < 1.29 is 0 Å². The molecule has 0 fully saturated rings. The minimum absolute atomic E-state index is 0.872. The highest BCUT2D eigenvalue weighted by Crippen LogP contribution is 2.41. The second-order valence-corrected chi connectivity index (χ2v) is 9.84. The fourth-order valence-electron chi connectivity index (χ4n) is 5.80. The van der Waals surface area contributed by atoms with Crippen LogP contribution in [-0.4, -0.2) is 28.6 Å². The Morgan fingerprint density at radius 2 is 1.47 bits per heavy atom. The Hall–Kier alpha value is -3.47. The van der Waals surface area contributed by atoms with E-state index in [2.05, 4.69) is 89.9 Å². The maximum absolute atomic E-state index is 5.37. The Kier molecular flexibility index (Phi) is 6.19. The molecule has 5 aliphatic rings. The van der Waals surface area contributed by atoms with E-state index in [9.17, 15) is 0 Å². The van der Waals surface area contributed by atoms with Gasteiger partial charge < -0.3 is 10.2 Å². The van der Waals surface area contributed by atoms with E-state index in [4.69, 9.17) is 15.0 Å². The summed E-state index contributed by atoms with van der Waals surface area (Å²) in [7, 11) is 0. The Morgan fingerprint density at radius 3 is 2.14 bits per heavy atom. The molecule has 0 saturated carbocycles. The van der Waals surface area contributed by atoms with Crippen molar-refractivity contribution in [1.29, 1.82) is 0 Å². The number of rotatable bonds is 4. The molecule has 0 saturated heterocycles. The molecule has 36 heavy (non-hydrogen) atoms. The summed E-state index contributed by atoms with van der Waals surface area (Å²) in [6, 6.07) is 0. The summed E-state index contributed by atoms with van der Waals surface area (Å²) in [5.41, 5.74) is 16.1. The van der Waals surface area contributed by atoms with Gasteiger partial charge in [-0.2, -0.15) is 0 Å². The maximum Gasteiger partial charge on any atom is 0.112 e. The van der Waals surface area contributed by atoms with Gasteiger partial charge in [0.25, 0.3) is 0 Å². The van der Waals surface area contributed by atoms with E-state index in [0.717, 1.165) is 71.4 Å². The van der Waals surface area contributed by atoms with Gasteiger partial charge in [-0.1, -0.05) is 20.8 Å². The van der Waals surface area contributed by atoms with Crippen molar-refractivity contribution in [3.05, 3.63) is 92.0 Å². The fourth-order valence-corrected chi connectivity index (χ4v) is 5.80. The fraction of sp³-hybridized carbons (Fsp3) is 0.387. The molecule has 8 bridgehead atoms. The summed E-state index contributed by atoms with van der Waals surface area (Å²) < 4.78 is 0. The SMILES string of the molecule is CCC1=C2C(CC)=C3N=C(C(C)=C3CC)C(C)=C3N=C(C=C4C=CC(=N4)C=C(N1)N2CC)C(C)=C3C. The van der Waals surface area contributed by atoms with Gasteiger partial charge in [0, 0.05) is 29.5 Å². The minimum atomic E-state index is 0.872. The number of nitrogens with one attached hydrogen (secondary N) is 1. The van der Waals surface area contributed by atoms with E-state index >= 15 is 0 Å². The van der Waals surface area contributed by atoms with E-state index in [0.29, 0.717) is 0 Å².